The van der Waals surface area contributed by atoms with Crippen LogP contribution < -0.4 is 4.72 Å². The highest BCUT2D eigenvalue weighted by Crippen LogP contribution is 1.97. The zero-order chi connectivity index (χ0) is 13.0. The van der Waals surface area contributed by atoms with Gasteiger partial charge in [-0.25, -0.2) is 25.9 Å². The van der Waals surface area contributed by atoms with Crippen LogP contribution in [0, 0.1) is 11.3 Å². The number of nitriles is 1. The van der Waals surface area contributed by atoms with Crippen LogP contribution in [0.5, 0.6) is 0 Å². The predicted molar refractivity (Wildman–Crippen MR) is 59.5 cm³/mol. The molecule has 9 heteroatoms. The molecule has 0 aromatic rings. The first kappa shape index (κ1) is 15.3. The van der Waals surface area contributed by atoms with Gasteiger partial charge in [0.15, 0.2) is 5.25 Å². The SMILES string of the molecule is CC(C#N)S(=O)(=O)NCCS(=O)(=O)N(C)C. The molecule has 1 unspecified atom stereocenters. The van der Waals surface area contributed by atoms with E-state index in [1.54, 1.807) is 6.07 Å². The molecule has 0 aromatic carbocycles. The standard InChI is InChI=1S/C7H15N3O4S2/c1-7(6-8)16(13,14)9-4-5-15(11,12)10(2)3/h7,9H,4-5H2,1-3H3. The molecule has 7 nitrogen and oxygen atoms in total. The summed E-state index contributed by atoms with van der Waals surface area (Å²) in [6, 6.07) is 1.57. The summed E-state index contributed by atoms with van der Waals surface area (Å²) in [4.78, 5) is 0. The van der Waals surface area contributed by atoms with E-state index in [4.69, 9.17) is 5.26 Å². The highest BCUT2D eigenvalue weighted by Gasteiger charge is 2.21. The molecule has 0 heterocycles. The average Bonchev–Trinajstić information content (AvgIpc) is 2.15. The lowest BCUT2D eigenvalue weighted by Gasteiger charge is -2.12. The van der Waals surface area contributed by atoms with Gasteiger partial charge in [-0.05, 0) is 6.92 Å². The van der Waals surface area contributed by atoms with Gasteiger partial charge in [0, 0.05) is 20.6 Å². The Balaban J connectivity index is 4.37. The van der Waals surface area contributed by atoms with Crippen molar-refractivity contribution in [3.63, 3.8) is 0 Å². The van der Waals surface area contributed by atoms with Crippen molar-refractivity contribution >= 4 is 20.0 Å². The molecule has 16 heavy (non-hydrogen) atoms. The van der Waals surface area contributed by atoms with Gasteiger partial charge in [0.05, 0.1) is 11.8 Å². The van der Waals surface area contributed by atoms with E-state index in [1.807, 2.05) is 0 Å². The molecule has 0 saturated carbocycles. The zero-order valence-corrected chi connectivity index (χ0v) is 11.0. The quantitative estimate of drug-likeness (QED) is 0.645. The third kappa shape index (κ3) is 4.44. The first-order valence-corrected chi connectivity index (χ1v) is 7.57. The molecule has 1 N–H and O–H groups in total. The summed E-state index contributed by atoms with van der Waals surface area (Å²) in [7, 11) is -4.46. The largest absolute Gasteiger partial charge is 0.227 e. The number of sulfonamides is 2. The summed E-state index contributed by atoms with van der Waals surface area (Å²) in [5, 5.41) is 7.22. The molecule has 0 aliphatic carbocycles. The van der Waals surface area contributed by atoms with E-state index in [-0.39, 0.29) is 12.3 Å². The highest BCUT2D eigenvalue weighted by molar-refractivity contribution is 7.90. The molecule has 0 aliphatic heterocycles. The monoisotopic (exact) mass is 269 g/mol. The van der Waals surface area contributed by atoms with Crippen LogP contribution >= 0.6 is 0 Å². The second kappa shape index (κ2) is 5.58. The summed E-state index contributed by atoms with van der Waals surface area (Å²) < 4.78 is 48.2. The first-order valence-electron chi connectivity index (χ1n) is 4.42. The first-order chi connectivity index (χ1) is 7.13. The van der Waals surface area contributed by atoms with E-state index >= 15 is 0 Å². The Hall–Kier alpha value is -0.690. The Morgan fingerprint density at radius 3 is 2.19 bits per heavy atom. The van der Waals surface area contributed by atoms with Crippen molar-refractivity contribution in [2.75, 3.05) is 26.4 Å². The minimum atomic E-state index is -3.75. The van der Waals surface area contributed by atoms with Crippen molar-refractivity contribution in [1.82, 2.24) is 9.03 Å². The summed E-state index contributed by atoms with van der Waals surface area (Å²) in [6.07, 6.45) is 0. The third-order valence-electron chi connectivity index (χ3n) is 1.87. The van der Waals surface area contributed by atoms with Crippen molar-refractivity contribution < 1.29 is 16.8 Å². The zero-order valence-electron chi connectivity index (χ0n) is 9.34. The Kier molecular flexibility index (Phi) is 5.34. The van der Waals surface area contributed by atoms with Crippen molar-refractivity contribution in [3.8, 4) is 6.07 Å². The molecule has 0 bridgehead atoms. The lowest BCUT2D eigenvalue weighted by Crippen LogP contribution is -2.37. The molecule has 0 saturated heterocycles. The van der Waals surface area contributed by atoms with Crippen molar-refractivity contribution in [2.24, 2.45) is 0 Å². The molecule has 0 rings (SSSR count). The maximum atomic E-state index is 11.3. The fourth-order valence-corrected chi connectivity index (χ4v) is 2.32. The van der Waals surface area contributed by atoms with Crippen LogP contribution in [0.25, 0.3) is 0 Å². The number of hydrogen-bond acceptors (Lipinski definition) is 5. The van der Waals surface area contributed by atoms with Gasteiger partial charge >= 0.3 is 0 Å². The van der Waals surface area contributed by atoms with Gasteiger partial charge in [-0.2, -0.15) is 5.26 Å². The minimum absolute atomic E-state index is 0.241. The van der Waals surface area contributed by atoms with Gasteiger partial charge in [0.25, 0.3) is 0 Å². The smallest absolute Gasteiger partial charge is 0.213 e. The van der Waals surface area contributed by atoms with Crippen molar-refractivity contribution in [1.29, 1.82) is 5.26 Å². The van der Waals surface area contributed by atoms with Crippen LogP contribution in [-0.4, -0.2) is 52.8 Å². The second-order valence-electron chi connectivity index (χ2n) is 3.31. The Morgan fingerprint density at radius 2 is 1.81 bits per heavy atom. The van der Waals surface area contributed by atoms with Crippen LogP contribution in [0.1, 0.15) is 6.92 Å². The number of hydrogen-bond donors (Lipinski definition) is 1. The maximum Gasteiger partial charge on any atom is 0.227 e. The summed E-state index contributed by atoms with van der Waals surface area (Å²) in [5.41, 5.74) is 0. The van der Waals surface area contributed by atoms with Crippen LogP contribution in [0.3, 0.4) is 0 Å². The number of nitrogens with zero attached hydrogens (tertiary/aromatic N) is 2. The minimum Gasteiger partial charge on any atom is -0.213 e. The molecule has 0 aromatic heterocycles. The molecular weight excluding hydrogens is 254 g/mol. The lowest BCUT2D eigenvalue weighted by atomic mass is 10.5. The molecule has 0 aliphatic rings. The van der Waals surface area contributed by atoms with E-state index in [0.29, 0.717) is 0 Å². The summed E-state index contributed by atoms with van der Waals surface area (Å²) in [6.45, 7) is 0.984. The van der Waals surface area contributed by atoms with Gasteiger partial charge in [0.2, 0.25) is 20.0 Å². The van der Waals surface area contributed by atoms with Gasteiger partial charge in [-0.1, -0.05) is 0 Å². The second-order valence-corrected chi connectivity index (χ2v) is 7.70. The summed E-state index contributed by atoms with van der Waals surface area (Å²) in [5.74, 6) is -0.336. The van der Waals surface area contributed by atoms with E-state index in [1.165, 1.54) is 21.0 Å². The van der Waals surface area contributed by atoms with Crippen LogP contribution in [0.15, 0.2) is 0 Å². The molecule has 0 fully saturated rings. The fraction of sp³-hybridized carbons (Fsp3) is 0.857. The van der Waals surface area contributed by atoms with E-state index in [0.717, 1.165) is 4.31 Å². The molecule has 0 spiro atoms. The van der Waals surface area contributed by atoms with E-state index in [2.05, 4.69) is 4.72 Å². The molecule has 0 amide bonds. The number of rotatable bonds is 6. The Labute approximate surface area is 96.2 Å². The predicted octanol–water partition coefficient (Wildman–Crippen LogP) is -1.29. The topological polar surface area (TPSA) is 107 Å². The molecule has 94 valence electrons. The van der Waals surface area contributed by atoms with Gasteiger partial charge in [-0.3, -0.25) is 0 Å². The lowest BCUT2D eigenvalue weighted by molar-refractivity contribution is 0.519. The van der Waals surface area contributed by atoms with Crippen LogP contribution in [0.2, 0.25) is 0 Å². The van der Waals surface area contributed by atoms with Crippen LogP contribution in [-0.2, 0) is 20.0 Å². The Bertz CT molecular complexity index is 460. The van der Waals surface area contributed by atoms with E-state index < -0.39 is 25.3 Å². The summed E-state index contributed by atoms with van der Waals surface area (Å²) >= 11 is 0. The van der Waals surface area contributed by atoms with E-state index in [9.17, 15) is 16.8 Å². The fourth-order valence-electron chi connectivity index (χ4n) is 0.690. The average molecular weight is 269 g/mol. The van der Waals surface area contributed by atoms with Gasteiger partial charge < -0.3 is 0 Å². The molecule has 1 atom stereocenters. The van der Waals surface area contributed by atoms with Crippen molar-refractivity contribution in [3.05, 3.63) is 0 Å². The maximum absolute atomic E-state index is 11.3. The Morgan fingerprint density at radius 1 is 1.31 bits per heavy atom. The molecule has 0 radical (unpaired) electrons. The van der Waals surface area contributed by atoms with Gasteiger partial charge in [-0.15, -0.1) is 0 Å². The van der Waals surface area contributed by atoms with Gasteiger partial charge in [0.1, 0.15) is 0 Å². The normalized spacial score (nSPS) is 14.7. The third-order valence-corrected chi connectivity index (χ3v) is 5.34. The molecular formula is C7H15N3O4S2. The van der Waals surface area contributed by atoms with Crippen LogP contribution in [0.4, 0.5) is 0 Å². The van der Waals surface area contributed by atoms with Crippen molar-refractivity contribution in [2.45, 2.75) is 12.2 Å². The number of nitrogens with one attached hydrogen (secondary N) is 1. The highest BCUT2D eigenvalue weighted by atomic mass is 32.2.